The predicted molar refractivity (Wildman–Crippen MR) is 82.7 cm³/mol. The molecule has 120 valence electrons. The van der Waals surface area contributed by atoms with E-state index < -0.39 is 11.6 Å². The maximum absolute atomic E-state index is 14.1. The molecule has 0 fully saturated rings. The zero-order chi connectivity index (χ0) is 16.0. The second kappa shape index (κ2) is 7.71. The second-order valence-electron chi connectivity index (χ2n) is 6.13. The predicted octanol–water partition coefficient (Wildman–Crippen LogP) is 3.33. The lowest BCUT2D eigenvalue weighted by molar-refractivity contribution is 0.154. The van der Waals surface area contributed by atoms with Gasteiger partial charge in [0.05, 0.1) is 6.61 Å². The Morgan fingerprint density at radius 2 is 1.76 bits per heavy atom. The molecule has 0 bridgehead atoms. The molecule has 0 aliphatic heterocycles. The van der Waals surface area contributed by atoms with Gasteiger partial charge in [-0.15, -0.1) is 0 Å². The quantitative estimate of drug-likeness (QED) is 0.782. The highest BCUT2D eigenvalue weighted by molar-refractivity contribution is 5.50. The van der Waals surface area contributed by atoms with Crippen molar-refractivity contribution in [2.75, 3.05) is 31.7 Å². The van der Waals surface area contributed by atoms with E-state index in [-0.39, 0.29) is 11.2 Å². The first-order valence-corrected chi connectivity index (χ1v) is 7.26. The summed E-state index contributed by atoms with van der Waals surface area (Å²) < 4.78 is 33.5. The van der Waals surface area contributed by atoms with Gasteiger partial charge in [-0.1, -0.05) is 0 Å². The summed E-state index contributed by atoms with van der Waals surface area (Å²) in [5, 5.41) is 3.22. The maximum Gasteiger partial charge on any atom is 0.149 e. The molecule has 21 heavy (non-hydrogen) atoms. The fourth-order valence-corrected chi connectivity index (χ4v) is 1.91. The highest BCUT2D eigenvalue weighted by atomic mass is 19.1. The van der Waals surface area contributed by atoms with Gasteiger partial charge < -0.3 is 15.0 Å². The fourth-order valence-electron chi connectivity index (χ4n) is 1.91. The molecule has 0 saturated carbocycles. The number of anilines is 1. The summed E-state index contributed by atoms with van der Waals surface area (Å²) >= 11 is 0. The molecule has 0 aliphatic rings. The van der Waals surface area contributed by atoms with E-state index in [1.807, 2.05) is 27.7 Å². The lowest BCUT2D eigenvalue weighted by Crippen LogP contribution is -2.35. The van der Waals surface area contributed by atoms with Crippen LogP contribution >= 0.6 is 0 Å². The number of hydrogen-bond donors (Lipinski definition) is 1. The Hall–Kier alpha value is -1.20. The number of ether oxygens (including phenoxy) is 1. The third kappa shape index (κ3) is 5.98. The first kappa shape index (κ1) is 17.9. The van der Waals surface area contributed by atoms with Crippen molar-refractivity contribution in [2.24, 2.45) is 0 Å². The summed E-state index contributed by atoms with van der Waals surface area (Å²) in [4.78, 5) is 1.54. The molecule has 0 heterocycles. The topological polar surface area (TPSA) is 24.5 Å². The van der Waals surface area contributed by atoms with Gasteiger partial charge in [0.25, 0.3) is 0 Å². The Morgan fingerprint density at radius 3 is 2.24 bits per heavy atom. The Labute approximate surface area is 126 Å². The molecular weight excluding hydrogens is 274 g/mol. The highest BCUT2D eigenvalue weighted by Gasteiger charge is 2.16. The molecule has 0 saturated heterocycles. The lowest BCUT2D eigenvalue weighted by atomic mass is 10.1. The summed E-state index contributed by atoms with van der Waals surface area (Å²) in [6.45, 7) is 9.83. The monoisotopic (exact) mass is 300 g/mol. The average molecular weight is 300 g/mol. The number of rotatable bonds is 7. The van der Waals surface area contributed by atoms with Crippen molar-refractivity contribution in [3.8, 4) is 0 Å². The molecule has 1 rings (SSSR count). The number of benzene rings is 1. The molecule has 0 spiro atoms. The lowest BCUT2D eigenvalue weighted by Gasteiger charge is -2.23. The van der Waals surface area contributed by atoms with Gasteiger partial charge in [-0.25, -0.2) is 8.78 Å². The molecule has 0 aliphatic carbocycles. The molecule has 1 aromatic rings. The van der Waals surface area contributed by atoms with E-state index >= 15 is 0 Å². The fraction of sp³-hybridized carbons (Fsp3) is 0.625. The smallest absolute Gasteiger partial charge is 0.149 e. The van der Waals surface area contributed by atoms with E-state index in [9.17, 15) is 8.78 Å². The van der Waals surface area contributed by atoms with Gasteiger partial charge in [0, 0.05) is 32.3 Å². The summed E-state index contributed by atoms with van der Waals surface area (Å²) in [6, 6.07) is 2.77. The van der Waals surface area contributed by atoms with Crippen molar-refractivity contribution in [1.82, 2.24) is 5.32 Å². The molecule has 0 radical (unpaired) electrons. The van der Waals surface area contributed by atoms with E-state index in [4.69, 9.17) is 4.74 Å². The minimum absolute atomic E-state index is 0.00536. The number of halogens is 2. The largest absolute Gasteiger partial charge is 0.380 e. The minimum Gasteiger partial charge on any atom is -0.380 e. The van der Waals surface area contributed by atoms with Gasteiger partial charge in [-0.2, -0.15) is 0 Å². The van der Waals surface area contributed by atoms with Crippen LogP contribution in [0.15, 0.2) is 12.1 Å². The van der Waals surface area contributed by atoms with Gasteiger partial charge in [0.2, 0.25) is 0 Å². The highest BCUT2D eigenvalue weighted by Crippen LogP contribution is 2.24. The summed E-state index contributed by atoms with van der Waals surface area (Å²) in [5.41, 5.74) is 0.496. The molecular formula is C16H26F2N2O. The molecule has 1 N–H and O–H groups in total. The maximum atomic E-state index is 14.1. The van der Waals surface area contributed by atoms with Crippen molar-refractivity contribution < 1.29 is 13.5 Å². The van der Waals surface area contributed by atoms with E-state index in [0.29, 0.717) is 31.9 Å². The summed E-state index contributed by atoms with van der Waals surface area (Å²) in [5.74, 6) is -1.08. The zero-order valence-corrected chi connectivity index (χ0v) is 13.6. The van der Waals surface area contributed by atoms with E-state index in [1.165, 1.54) is 12.1 Å². The van der Waals surface area contributed by atoms with Gasteiger partial charge in [-0.3, -0.25) is 0 Å². The van der Waals surface area contributed by atoms with Gasteiger partial charge in [-0.05, 0) is 45.4 Å². The van der Waals surface area contributed by atoms with E-state index in [1.54, 1.807) is 11.9 Å². The third-order valence-corrected chi connectivity index (χ3v) is 3.06. The van der Waals surface area contributed by atoms with Crippen LogP contribution in [0.25, 0.3) is 0 Å². The molecule has 0 atom stereocenters. The van der Waals surface area contributed by atoms with Crippen molar-refractivity contribution in [3.63, 3.8) is 0 Å². The third-order valence-electron chi connectivity index (χ3n) is 3.06. The van der Waals surface area contributed by atoms with Crippen LogP contribution in [0.2, 0.25) is 0 Å². The summed E-state index contributed by atoms with van der Waals surface area (Å²) in [6.07, 6.45) is 0. The molecule has 3 nitrogen and oxygen atoms in total. The minimum atomic E-state index is -0.542. The standard InChI is InChI=1S/C16H26F2N2O/c1-6-21-8-7-20(5)15-13(17)9-12(10-14(15)18)11-19-16(2,3)4/h9-10,19H,6-8,11H2,1-5H3. The van der Waals surface area contributed by atoms with Crippen LogP contribution in [0.1, 0.15) is 33.3 Å². The van der Waals surface area contributed by atoms with E-state index in [2.05, 4.69) is 5.32 Å². The Bertz CT molecular complexity index is 435. The molecule has 0 unspecified atom stereocenters. The van der Waals surface area contributed by atoms with Gasteiger partial charge in [0.15, 0.2) is 0 Å². The van der Waals surface area contributed by atoms with Crippen LogP contribution in [-0.4, -0.2) is 32.3 Å². The number of likely N-dealkylation sites (N-methyl/N-ethyl adjacent to an activating group) is 1. The number of nitrogens with one attached hydrogen (secondary N) is 1. The van der Waals surface area contributed by atoms with Crippen LogP contribution in [0.5, 0.6) is 0 Å². The van der Waals surface area contributed by atoms with Crippen molar-refractivity contribution in [3.05, 3.63) is 29.3 Å². The molecule has 5 heteroatoms. The van der Waals surface area contributed by atoms with Gasteiger partial charge in [0.1, 0.15) is 17.3 Å². The zero-order valence-electron chi connectivity index (χ0n) is 13.6. The van der Waals surface area contributed by atoms with Crippen molar-refractivity contribution in [2.45, 2.75) is 39.8 Å². The Balaban J connectivity index is 2.79. The molecule has 1 aromatic carbocycles. The second-order valence-corrected chi connectivity index (χ2v) is 6.13. The number of hydrogen-bond acceptors (Lipinski definition) is 3. The first-order valence-electron chi connectivity index (χ1n) is 7.26. The summed E-state index contributed by atoms with van der Waals surface area (Å²) in [7, 11) is 1.66. The SMILES string of the molecule is CCOCCN(C)c1c(F)cc(CNC(C)(C)C)cc1F. The van der Waals surface area contributed by atoms with Crippen LogP contribution < -0.4 is 10.2 Å². The molecule has 0 aromatic heterocycles. The van der Waals surface area contributed by atoms with Crippen LogP contribution in [0.4, 0.5) is 14.5 Å². The number of nitrogens with zero attached hydrogens (tertiary/aromatic N) is 1. The first-order chi connectivity index (χ1) is 9.74. The van der Waals surface area contributed by atoms with Crippen LogP contribution in [-0.2, 0) is 11.3 Å². The Morgan fingerprint density at radius 1 is 1.19 bits per heavy atom. The normalized spacial score (nSPS) is 11.8. The van der Waals surface area contributed by atoms with E-state index in [0.717, 1.165) is 0 Å². The van der Waals surface area contributed by atoms with Crippen molar-refractivity contribution in [1.29, 1.82) is 0 Å². The Kier molecular flexibility index (Phi) is 6.55. The average Bonchev–Trinajstić information content (AvgIpc) is 2.35. The van der Waals surface area contributed by atoms with Gasteiger partial charge >= 0.3 is 0 Å². The van der Waals surface area contributed by atoms with Crippen LogP contribution in [0, 0.1) is 11.6 Å². The van der Waals surface area contributed by atoms with Crippen molar-refractivity contribution >= 4 is 5.69 Å². The van der Waals surface area contributed by atoms with Crippen LogP contribution in [0.3, 0.4) is 0 Å². The molecule has 0 amide bonds.